The van der Waals surface area contributed by atoms with Crippen molar-refractivity contribution in [1.82, 2.24) is 34.2 Å². The third-order valence-corrected chi connectivity index (χ3v) is 4.52. The first-order valence-electron chi connectivity index (χ1n) is 8.58. The zero-order chi connectivity index (χ0) is 18.8. The number of methoxy groups -OCH3 is 1. The lowest BCUT2D eigenvalue weighted by Gasteiger charge is -2.35. The van der Waals surface area contributed by atoms with Gasteiger partial charge in [-0.1, -0.05) is 0 Å². The number of carbonyl (C=O) groups excluding carboxylic acids is 1. The van der Waals surface area contributed by atoms with E-state index < -0.39 is 0 Å². The van der Waals surface area contributed by atoms with Gasteiger partial charge in [0.15, 0.2) is 0 Å². The predicted octanol–water partition coefficient (Wildman–Crippen LogP) is 0.367. The van der Waals surface area contributed by atoms with Gasteiger partial charge in [-0.3, -0.25) is 14.0 Å². The van der Waals surface area contributed by atoms with E-state index in [0.29, 0.717) is 37.6 Å². The minimum atomic E-state index is -0.0682. The fourth-order valence-electron chi connectivity index (χ4n) is 3.12. The molecule has 0 bridgehead atoms. The Morgan fingerprint density at radius 2 is 1.93 bits per heavy atom. The molecule has 3 aromatic rings. The van der Waals surface area contributed by atoms with Crippen LogP contribution >= 0.6 is 0 Å². The van der Waals surface area contributed by atoms with E-state index in [4.69, 9.17) is 4.74 Å². The molecule has 0 radical (unpaired) electrons. The number of imidazole rings is 1. The van der Waals surface area contributed by atoms with Crippen molar-refractivity contribution in [1.29, 1.82) is 0 Å². The Morgan fingerprint density at radius 1 is 1.15 bits per heavy atom. The zero-order valence-corrected chi connectivity index (χ0v) is 15.2. The molecular weight excluding hydrogens is 348 g/mol. The Bertz CT molecular complexity index is 928. The van der Waals surface area contributed by atoms with Crippen LogP contribution in [-0.4, -0.2) is 73.4 Å². The fourth-order valence-corrected chi connectivity index (χ4v) is 3.12. The lowest BCUT2D eigenvalue weighted by Crippen LogP contribution is -2.49. The molecule has 10 nitrogen and oxygen atoms in total. The number of anilines is 1. The van der Waals surface area contributed by atoms with Crippen LogP contribution < -0.4 is 9.64 Å². The molecule has 4 heterocycles. The van der Waals surface area contributed by atoms with Crippen LogP contribution in [0, 0.1) is 0 Å². The van der Waals surface area contributed by atoms with Gasteiger partial charge in [-0.25, -0.2) is 15.0 Å². The highest BCUT2D eigenvalue weighted by Crippen LogP contribution is 2.20. The van der Waals surface area contributed by atoms with Crippen LogP contribution in [0.5, 0.6) is 5.88 Å². The molecule has 27 heavy (non-hydrogen) atoms. The number of nitrogens with zero attached hydrogens (tertiary/aromatic N) is 8. The maximum absolute atomic E-state index is 12.8. The summed E-state index contributed by atoms with van der Waals surface area (Å²) in [6, 6.07) is 1.92. The average molecular weight is 368 g/mol. The summed E-state index contributed by atoms with van der Waals surface area (Å²) in [5.41, 5.74) is 0.484. The van der Waals surface area contributed by atoms with Gasteiger partial charge in [0.05, 0.1) is 7.11 Å². The lowest BCUT2D eigenvalue weighted by atomic mass is 10.2. The van der Waals surface area contributed by atoms with E-state index in [1.807, 2.05) is 21.7 Å². The van der Waals surface area contributed by atoms with E-state index in [9.17, 15) is 4.79 Å². The molecule has 3 aromatic heterocycles. The van der Waals surface area contributed by atoms with Gasteiger partial charge in [0, 0.05) is 57.9 Å². The minimum absolute atomic E-state index is 0.0682. The summed E-state index contributed by atoms with van der Waals surface area (Å²) in [4.78, 5) is 29.4. The van der Waals surface area contributed by atoms with E-state index in [0.717, 1.165) is 11.6 Å². The van der Waals surface area contributed by atoms with Crippen molar-refractivity contribution in [2.75, 3.05) is 38.2 Å². The second kappa shape index (κ2) is 7.06. The van der Waals surface area contributed by atoms with Crippen LogP contribution in [-0.2, 0) is 7.05 Å². The van der Waals surface area contributed by atoms with Gasteiger partial charge in [-0.05, 0) is 0 Å². The Balaban J connectivity index is 1.45. The van der Waals surface area contributed by atoms with Crippen LogP contribution in [0.3, 0.4) is 0 Å². The SMILES string of the molecule is COc1nn(C)cc1C(=O)N1CCN(c2cc(-n3ccnc3)ncn2)CC1. The second-order valence-corrected chi connectivity index (χ2v) is 6.21. The number of rotatable bonds is 4. The highest BCUT2D eigenvalue weighted by Gasteiger charge is 2.26. The average Bonchev–Trinajstić information content (AvgIpc) is 3.37. The van der Waals surface area contributed by atoms with Gasteiger partial charge < -0.3 is 14.5 Å². The van der Waals surface area contributed by atoms with Gasteiger partial charge in [0.25, 0.3) is 5.91 Å². The van der Waals surface area contributed by atoms with Crippen molar-refractivity contribution in [3.63, 3.8) is 0 Å². The van der Waals surface area contributed by atoms with Crippen molar-refractivity contribution >= 4 is 11.7 Å². The third kappa shape index (κ3) is 3.33. The van der Waals surface area contributed by atoms with Crippen LogP contribution in [0.2, 0.25) is 0 Å². The van der Waals surface area contributed by atoms with E-state index in [1.54, 1.807) is 36.8 Å². The summed E-state index contributed by atoms with van der Waals surface area (Å²) in [6.45, 7) is 2.58. The summed E-state index contributed by atoms with van der Waals surface area (Å²) in [7, 11) is 3.29. The zero-order valence-electron chi connectivity index (χ0n) is 15.2. The Labute approximate surface area is 156 Å². The molecule has 0 spiro atoms. The summed E-state index contributed by atoms with van der Waals surface area (Å²) in [5.74, 6) is 1.88. The lowest BCUT2D eigenvalue weighted by molar-refractivity contribution is 0.0743. The Morgan fingerprint density at radius 3 is 2.63 bits per heavy atom. The Hall–Kier alpha value is -3.43. The van der Waals surface area contributed by atoms with Crippen molar-refractivity contribution in [2.24, 2.45) is 7.05 Å². The van der Waals surface area contributed by atoms with Gasteiger partial charge in [0.1, 0.15) is 29.9 Å². The molecule has 1 fully saturated rings. The van der Waals surface area contributed by atoms with E-state index in [-0.39, 0.29) is 5.91 Å². The van der Waals surface area contributed by atoms with Gasteiger partial charge >= 0.3 is 0 Å². The molecule has 10 heteroatoms. The molecule has 0 saturated carbocycles. The van der Waals surface area contributed by atoms with Crippen LogP contribution in [0.15, 0.2) is 37.3 Å². The van der Waals surface area contributed by atoms with E-state index in [1.165, 1.54) is 7.11 Å². The minimum Gasteiger partial charge on any atom is -0.479 e. The fraction of sp³-hybridized carbons (Fsp3) is 0.353. The second-order valence-electron chi connectivity index (χ2n) is 6.21. The molecule has 0 atom stereocenters. The molecule has 0 aromatic carbocycles. The summed E-state index contributed by atoms with van der Waals surface area (Å²) in [6.07, 6.45) is 8.48. The van der Waals surface area contributed by atoms with Crippen molar-refractivity contribution in [3.05, 3.63) is 42.9 Å². The van der Waals surface area contributed by atoms with Crippen molar-refractivity contribution < 1.29 is 9.53 Å². The van der Waals surface area contributed by atoms with Crippen molar-refractivity contribution in [2.45, 2.75) is 0 Å². The number of amides is 1. The maximum atomic E-state index is 12.8. The standard InChI is InChI=1S/C17H20N8O2/c1-22-10-13(16(21-22)27-2)17(26)24-7-5-23(6-8-24)14-9-15(20-11-19-14)25-4-3-18-12-25/h3-4,9-12H,5-8H2,1-2H3. The maximum Gasteiger partial charge on any atom is 0.261 e. The molecule has 0 N–H and O–H groups in total. The molecule has 0 unspecified atom stereocenters. The molecule has 1 aliphatic rings. The molecule has 0 aliphatic carbocycles. The van der Waals surface area contributed by atoms with Crippen LogP contribution in [0.4, 0.5) is 5.82 Å². The van der Waals surface area contributed by atoms with Crippen molar-refractivity contribution in [3.8, 4) is 11.7 Å². The highest BCUT2D eigenvalue weighted by atomic mass is 16.5. The number of piperazine rings is 1. The van der Waals surface area contributed by atoms with Gasteiger partial charge in [-0.15, -0.1) is 5.10 Å². The van der Waals surface area contributed by atoms with Gasteiger partial charge in [-0.2, -0.15) is 0 Å². The molecule has 4 rings (SSSR count). The van der Waals surface area contributed by atoms with Crippen LogP contribution in [0.25, 0.3) is 5.82 Å². The molecule has 1 saturated heterocycles. The summed E-state index contributed by atoms with van der Waals surface area (Å²) >= 11 is 0. The smallest absolute Gasteiger partial charge is 0.261 e. The van der Waals surface area contributed by atoms with Crippen LogP contribution in [0.1, 0.15) is 10.4 Å². The number of hydrogen-bond donors (Lipinski definition) is 0. The first kappa shape index (κ1) is 17.0. The molecule has 1 amide bonds. The first-order chi connectivity index (χ1) is 13.2. The van der Waals surface area contributed by atoms with E-state index >= 15 is 0 Å². The summed E-state index contributed by atoms with van der Waals surface area (Å²) in [5, 5.41) is 4.15. The van der Waals surface area contributed by atoms with Gasteiger partial charge in [0.2, 0.25) is 5.88 Å². The quantitative estimate of drug-likeness (QED) is 0.656. The molecular formula is C17H20N8O2. The third-order valence-electron chi connectivity index (χ3n) is 4.52. The van der Waals surface area contributed by atoms with E-state index in [2.05, 4.69) is 25.0 Å². The molecule has 1 aliphatic heterocycles. The monoisotopic (exact) mass is 368 g/mol. The topological polar surface area (TPSA) is 94.2 Å². The number of aromatic nitrogens is 6. The first-order valence-corrected chi connectivity index (χ1v) is 8.58. The number of hydrogen-bond acceptors (Lipinski definition) is 7. The molecule has 140 valence electrons. The number of carbonyl (C=O) groups is 1. The highest BCUT2D eigenvalue weighted by molar-refractivity contribution is 5.96. The number of ether oxygens (including phenoxy) is 1. The Kier molecular flexibility index (Phi) is 4.45. The largest absolute Gasteiger partial charge is 0.479 e. The predicted molar refractivity (Wildman–Crippen MR) is 97.0 cm³/mol. The number of aryl methyl sites for hydroxylation is 1. The summed E-state index contributed by atoms with van der Waals surface area (Å²) < 4.78 is 8.62. The normalized spacial score (nSPS) is 14.4.